The van der Waals surface area contributed by atoms with Gasteiger partial charge in [-0.2, -0.15) is 0 Å². The summed E-state index contributed by atoms with van der Waals surface area (Å²) in [5.74, 6) is -0.0938. The smallest absolute Gasteiger partial charge is 0.207 e. The second-order valence-corrected chi connectivity index (χ2v) is 12.5. The molecule has 0 aliphatic heterocycles. The molecule has 0 heterocycles. The van der Waals surface area contributed by atoms with E-state index >= 15 is 0 Å². The SMILES string of the molecule is CCS(=O)(=O)[C@](Br)(I)[C@@H](O)c1ccc(Cl)cc1Cl. The Morgan fingerprint density at radius 2 is 2.06 bits per heavy atom. The van der Waals surface area contributed by atoms with Crippen LogP contribution in [0.5, 0.6) is 0 Å². The van der Waals surface area contributed by atoms with Gasteiger partial charge in [-0.3, -0.25) is 0 Å². The number of hydrogen-bond acceptors (Lipinski definition) is 3. The van der Waals surface area contributed by atoms with E-state index in [1.165, 1.54) is 19.1 Å². The highest BCUT2D eigenvalue weighted by Gasteiger charge is 2.45. The van der Waals surface area contributed by atoms with Crippen LogP contribution in [-0.2, 0) is 9.84 Å². The molecule has 2 atom stereocenters. The molecule has 102 valence electrons. The van der Waals surface area contributed by atoms with Gasteiger partial charge in [-0.1, -0.05) is 52.1 Å². The molecular formula is C10H10BrCl2IO3S. The van der Waals surface area contributed by atoms with Gasteiger partial charge in [0.2, 0.25) is 1.66 Å². The first-order valence-corrected chi connectivity index (χ1v) is 9.14. The van der Waals surface area contributed by atoms with E-state index < -0.39 is 17.6 Å². The normalized spacial score (nSPS) is 17.2. The fourth-order valence-corrected chi connectivity index (χ4v) is 4.83. The molecule has 1 aromatic carbocycles. The van der Waals surface area contributed by atoms with E-state index in [0.29, 0.717) is 10.6 Å². The van der Waals surface area contributed by atoms with Crippen molar-refractivity contribution in [2.45, 2.75) is 14.7 Å². The highest BCUT2D eigenvalue weighted by atomic mass is 127. The van der Waals surface area contributed by atoms with Crippen LogP contribution in [0.25, 0.3) is 0 Å². The molecule has 0 saturated heterocycles. The molecule has 0 fully saturated rings. The number of alkyl halides is 2. The minimum Gasteiger partial charge on any atom is -0.385 e. The summed E-state index contributed by atoms with van der Waals surface area (Å²) in [6, 6.07) is 4.51. The van der Waals surface area contributed by atoms with Crippen LogP contribution in [0.3, 0.4) is 0 Å². The van der Waals surface area contributed by atoms with Crippen LogP contribution in [0.2, 0.25) is 10.0 Å². The number of aliphatic hydroxyl groups excluding tert-OH is 1. The van der Waals surface area contributed by atoms with Crippen LogP contribution in [0.4, 0.5) is 0 Å². The van der Waals surface area contributed by atoms with Gasteiger partial charge in [0, 0.05) is 21.4 Å². The quantitative estimate of drug-likeness (QED) is 0.517. The third-order valence-electron chi connectivity index (χ3n) is 2.37. The van der Waals surface area contributed by atoms with Gasteiger partial charge in [0.1, 0.15) is 6.10 Å². The summed E-state index contributed by atoms with van der Waals surface area (Å²) in [4.78, 5) is 0. The summed E-state index contributed by atoms with van der Waals surface area (Å²) in [7, 11) is -3.51. The summed E-state index contributed by atoms with van der Waals surface area (Å²) in [6.45, 7) is 1.51. The largest absolute Gasteiger partial charge is 0.385 e. The van der Waals surface area contributed by atoms with E-state index in [1.54, 1.807) is 28.7 Å². The molecule has 18 heavy (non-hydrogen) atoms. The third kappa shape index (κ3) is 3.32. The van der Waals surface area contributed by atoms with E-state index in [0.717, 1.165) is 0 Å². The van der Waals surface area contributed by atoms with E-state index in [1.807, 2.05) is 0 Å². The lowest BCUT2D eigenvalue weighted by molar-refractivity contribution is 0.191. The van der Waals surface area contributed by atoms with Gasteiger partial charge in [0.25, 0.3) is 0 Å². The van der Waals surface area contributed by atoms with Crippen molar-refractivity contribution in [1.29, 1.82) is 0 Å². The first-order chi connectivity index (χ1) is 8.13. The Kier molecular flexibility index (Phi) is 5.78. The summed E-state index contributed by atoms with van der Waals surface area (Å²) in [6.07, 6.45) is -1.30. The number of halogens is 4. The number of benzene rings is 1. The van der Waals surface area contributed by atoms with Gasteiger partial charge in [-0.05, 0) is 34.7 Å². The Balaban J connectivity index is 3.26. The maximum atomic E-state index is 11.9. The first-order valence-electron chi connectivity index (χ1n) is 4.86. The van der Waals surface area contributed by atoms with Crippen molar-refractivity contribution < 1.29 is 13.5 Å². The van der Waals surface area contributed by atoms with Crippen molar-refractivity contribution in [3.63, 3.8) is 0 Å². The zero-order valence-corrected chi connectivity index (χ0v) is 15.3. The van der Waals surface area contributed by atoms with Gasteiger partial charge in [-0.25, -0.2) is 8.42 Å². The van der Waals surface area contributed by atoms with Crippen LogP contribution in [-0.4, -0.2) is 20.9 Å². The summed E-state index contributed by atoms with van der Waals surface area (Å²) in [5.41, 5.74) is 0.310. The Labute approximate surface area is 138 Å². The van der Waals surface area contributed by atoms with E-state index in [4.69, 9.17) is 23.2 Å². The second kappa shape index (κ2) is 6.13. The van der Waals surface area contributed by atoms with Crippen LogP contribution in [0.1, 0.15) is 18.6 Å². The topological polar surface area (TPSA) is 54.4 Å². The number of rotatable bonds is 4. The van der Waals surface area contributed by atoms with Crippen molar-refractivity contribution in [3.8, 4) is 0 Å². The Morgan fingerprint density at radius 3 is 2.50 bits per heavy atom. The molecule has 1 N–H and O–H groups in total. The van der Waals surface area contributed by atoms with Gasteiger partial charge >= 0.3 is 0 Å². The second-order valence-electron chi connectivity index (χ2n) is 3.53. The monoisotopic (exact) mass is 486 g/mol. The predicted molar refractivity (Wildman–Crippen MR) is 86.6 cm³/mol. The fraction of sp³-hybridized carbons (Fsp3) is 0.400. The van der Waals surface area contributed by atoms with Crippen molar-refractivity contribution in [2.24, 2.45) is 0 Å². The van der Waals surface area contributed by atoms with Crippen LogP contribution in [0, 0.1) is 0 Å². The molecular weight excluding hydrogens is 478 g/mol. The lowest BCUT2D eigenvalue weighted by Gasteiger charge is -2.27. The van der Waals surface area contributed by atoms with Gasteiger partial charge in [0.15, 0.2) is 9.84 Å². The lowest BCUT2D eigenvalue weighted by Crippen LogP contribution is -2.33. The number of aliphatic hydroxyl groups is 1. The van der Waals surface area contributed by atoms with Gasteiger partial charge in [0.05, 0.1) is 0 Å². The molecule has 0 aliphatic rings. The van der Waals surface area contributed by atoms with Gasteiger partial charge < -0.3 is 5.11 Å². The van der Waals surface area contributed by atoms with E-state index in [-0.39, 0.29) is 10.8 Å². The lowest BCUT2D eigenvalue weighted by atomic mass is 10.1. The number of hydrogen-bond donors (Lipinski definition) is 1. The zero-order valence-electron chi connectivity index (χ0n) is 9.20. The van der Waals surface area contributed by atoms with Crippen molar-refractivity contribution in [3.05, 3.63) is 33.8 Å². The Bertz CT molecular complexity index is 548. The zero-order chi connectivity index (χ0) is 14.1. The molecule has 1 rings (SSSR count). The molecule has 0 amide bonds. The maximum absolute atomic E-state index is 11.9. The standard InChI is InChI=1S/C10H10BrCl2IO3S/c1-2-18(16,17)10(11,14)9(15)7-4-3-6(12)5-8(7)13/h3-5,9,15H,2H2,1H3/t9-,10+/m0/s1. The molecule has 8 heteroatoms. The van der Waals surface area contributed by atoms with Crippen molar-refractivity contribution >= 4 is 71.6 Å². The maximum Gasteiger partial charge on any atom is 0.207 e. The molecule has 0 bridgehead atoms. The summed E-state index contributed by atoms with van der Waals surface area (Å²) < 4.78 is 22.3. The van der Waals surface area contributed by atoms with Crippen molar-refractivity contribution in [1.82, 2.24) is 0 Å². The molecule has 1 aromatic rings. The molecule has 0 unspecified atom stereocenters. The molecule has 0 saturated carbocycles. The highest BCUT2D eigenvalue weighted by molar-refractivity contribution is 14.1. The average Bonchev–Trinajstić information content (AvgIpc) is 2.28. The van der Waals surface area contributed by atoms with Crippen molar-refractivity contribution in [2.75, 3.05) is 5.75 Å². The molecule has 0 spiro atoms. The molecule has 0 aromatic heterocycles. The highest BCUT2D eigenvalue weighted by Crippen LogP contribution is 2.46. The van der Waals surface area contributed by atoms with E-state index in [9.17, 15) is 13.5 Å². The summed E-state index contributed by atoms with van der Waals surface area (Å²) in [5, 5.41) is 10.9. The molecule has 0 aliphatic carbocycles. The van der Waals surface area contributed by atoms with Gasteiger partial charge in [-0.15, -0.1) is 0 Å². The third-order valence-corrected chi connectivity index (χ3v) is 9.26. The summed E-state index contributed by atoms with van der Waals surface area (Å²) >= 11 is 16.5. The van der Waals surface area contributed by atoms with E-state index in [2.05, 4.69) is 15.9 Å². The molecule has 3 nitrogen and oxygen atoms in total. The Morgan fingerprint density at radius 1 is 1.50 bits per heavy atom. The number of sulfone groups is 1. The Hall–Kier alpha value is 0.920. The fourth-order valence-electron chi connectivity index (χ4n) is 1.27. The predicted octanol–water partition coefficient (Wildman–Crippen LogP) is 3.95. The average molecular weight is 488 g/mol. The van der Waals surface area contributed by atoms with Crippen LogP contribution in [0.15, 0.2) is 18.2 Å². The minimum absolute atomic E-state index is 0.0938. The molecule has 0 radical (unpaired) electrons. The first kappa shape index (κ1) is 17.0. The van der Waals surface area contributed by atoms with Crippen LogP contribution < -0.4 is 0 Å². The van der Waals surface area contributed by atoms with Crippen LogP contribution >= 0.6 is 61.7 Å². The minimum atomic E-state index is -3.51.